The monoisotopic (exact) mass is 606 g/mol. The van der Waals surface area contributed by atoms with Crippen LogP contribution in [0.4, 0.5) is 5.00 Å². The molecular weight excluding hydrogens is 576 g/mol. The fourth-order valence-electron chi connectivity index (χ4n) is 5.42. The summed E-state index contributed by atoms with van der Waals surface area (Å²) in [6, 6.07) is 33.1. The first-order chi connectivity index (χ1) is 21.1. The topological polar surface area (TPSA) is 50.2 Å². The number of benzene rings is 4. The summed E-state index contributed by atoms with van der Waals surface area (Å²) in [5, 5.41) is 2.53. The zero-order chi connectivity index (χ0) is 29.2. The molecule has 0 radical (unpaired) electrons. The van der Waals surface area contributed by atoms with Gasteiger partial charge in [-0.15, -0.1) is 0 Å². The number of thiazole rings is 1. The van der Waals surface area contributed by atoms with E-state index in [1.165, 1.54) is 11.1 Å². The van der Waals surface area contributed by atoms with Crippen LogP contribution >= 0.6 is 22.9 Å². The van der Waals surface area contributed by atoms with Crippen LogP contribution in [0.3, 0.4) is 0 Å². The third-order valence-electron chi connectivity index (χ3n) is 7.78. The van der Waals surface area contributed by atoms with Crippen molar-refractivity contribution in [2.45, 2.75) is 13.5 Å². The molecule has 0 bridgehead atoms. The lowest BCUT2D eigenvalue weighted by Gasteiger charge is -2.36. The van der Waals surface area contributed by atoms with E-state index < -0.39 is 0 Å². The zero-order valence-electron chi connectivity index (χ0n) is 23.9. The van der Waals surface area contributed by atoms with E-state index in [2.05, 4.69) is 65.3 Å². The maximum absolute atomic E-state index is 6.18. The maximum atomic E-state index is 6.18. The van der Waals surface area contributed by atoms with Crippen LogP contribution in [0.25, 0.3) is 21.8 Å². The van der Waals surface area contributed by atoms with Gasteiger partial charge in [0, 0.05) is 54.4 Å². The van der Waals surface area contributed by atoms with Crippen LogP contribution in [-0.2, 0) is 6.54 Å². The predicted octanol–water partition coefficient (Wildman–Crippen LogP) is 8.06. The summed E-state index contributed by atoms with van der Waals surface area (Å²) in [5.41, 5.74) is 6.54. The summed E-state index contributed by atoms with van der Waals surface area (Å²) in [5.74, 6) is 2.64. The van der Waals surface area contributed by atoms with E-state index in [4.69, 9.17) is 31.1 Å². The standard InChI is InChI=1S/C35H31ClN4O2S/c1-24-7-10-27(11-8-24)33(40-19-17-39(18-20-40)22-25-9-16-30-31(21-25)42-23-41-30)38-35-32(26-5-3-2-4-6-26)37-34(43-35)28-12-14-29(36)15-13-28/h2-16,21H,17-20,22-23H2,1H3/b38-33-. The number of rotatable bonds is 6. The molecule has 2 aliphatic heterocycles. The van der Waals surface area contributed by atoms with Crippen molar-refractivity contribution in [3.05, 3.63) is 119 Å². The molecule has 1 fully saturated rings. The number of aliphatic imine (C=N–C) groups is 1. The van der Waals surface area contributed by atoms with Gasteiger partial charge in [0.15, 0.2) is 11.5 Å². The second kappa shape index (κ2) is 12.2. The molecule has 7 rings (SSSR count). The molecule has 3 heterocycles. The molecule has 6 nitrogen and oxygen atoms in total. The summed E-state index contributed by atoms with van der Waals surface area (Å²) >= 11 is 7.80. The lowest BCUT2D eigenvalue weighted by Crippen LogP contribution is -2.48. The van der Waals surface area contributed by atoms with Gasteiger partial charge in [0.05, 0.1) is 0 Å². The second-order valence-electron chi connectivity index (χ2n) is 10.8. The van der Waals surface area contributed by atoms with Crippen molar-refractivity contribution in [1.82, 2.24) is 14.8 Å². The minimum atomic E-state index is 0.297. The molecule has 0 spiro atoms. The summed E-state index contributed by atoms with van der Waals surface area (Å²) in [6.07, 6.45) is 0. The molecular formula is C35H31ClN4O2S. The van der Waals surface area contributed by atoms with Crippen molar-refractivity contribution in [2.24, 2.45) is 4.99 Å². The van der Waals surface area contributed by atoms with Gasteiger partial charge in [0.1, 0.15) is 21.5 Å². The minimum Gasteiger partial charge on any atom is -0.454 e. The smallest absolute Gasteiger partial charge is 0.231 e. The van der Waals surface area contributed by atoms with Crippen molar-refractivity contribution in [2.75, 3.05) is 33.0 Å². The Morgan fingerprint density at radius 1 is 0.837 bits per heavy atom. The Morgan fingerprint density at radius 2 is 1.58 bits per heavy atom. The first-order valence-electron chi connectivity index (χ1n) is 14.4. The van der Waals surface area contributed by atoms with Gasteiger partial charge in [-0.3, -0.25) is 4.90 Å². The van der Waals surface area contributed by atoms with E-state index in [1.807, 2.05) is 48.5 Å². The fraction of sp³-hybridized carbons (Fsp3) is 0.200. The Bertz CT molecular complexity index is 1750. The Labute approximate surface area is 260 Å². The second-order valence-corrected chi connectivity index (χ2v) is 12.2. The van der Waals surface area contributed by atoms with E-state index in [-0.39, 0.29) is 0 Å². The van der Waals surface area contributed by atoms with Crippen molar-refractivity contribution >= 4 is 33.8 Å². The van der Waals surface area contributed by atoms with Crippen molar-refractivity contribution in [3.63, 3.8) is 0 Å². The fourth-order valence-corrected chi connectivity index (χ4v) is 6.51. The van der Waals surface area contributed by atoms with Crippen LogP contribution in [0.5, 0.6) is 11.5 Å². The molecule has 1 aromatic heterocycles. The highest BCUT2D eigenvalue weighted by molar-refractivity contribution is 7.19. The molecule has 43 heavy (non-hydrogen) atoms. The molecule has 0 aliphatic carbocycles. The molecule has 216 valence electrons. The number of hydrogen-bond donors (Lipinski definition) is 0. The van der Waals surface area contributed by atoms with Gasteiger partial charge in [-0.25, -0.2) is 9.98 Å². The normalized spacial score (nSPS) is 15.2. The van der Waals surface area contributed by atoms with Crippen LogP contribution in [0.15, 0.2) is 102 Å². The van der Waals surface area contributed by atoms with Crippen LogP contribution in [0, 0.1) is 6.92 Å². The molecule has 0 unspecified atom stereocenters. The maximum Gasteiger partial charge on any atom is 0.231 e. The lowest BCUT2D eigenvalue weighted by atomic mass is 10.1. The Balaban J connectivity index is 1.20. The highest BCUT2D eigenvalue weighted by Gasteiger charge is 2.24. The van der Waals surface area contributed by atoms with Crippen LogP contribution < -0.4 is 9.47 Å². The summed E-state index contributed by atoms with van der Waals surface area (Å²) in [7, 11) is 0. The van der Waals surface area contributed by atoms with E-state index in [1.54, 1.807) is 11.3 Å². The number of piperazine rings is 1. The molecule has 1 saturated heterocycles. The molecule has 5 aromatic rings. The van der Waals surface area contributed by atoms with Gasteiger partial charge < -0.3 is 14.4 Å². The first-order valence-corrected chi connectivity index (χ1v) is 15.6. The van der Waals surface area contributed by atoms with Gasteiger partial charge in [0.25, 0.3) is 0 Å². The van der Waals surface area contributed by atoms with Crippen molar-refractivity contribution in [1.29, 1.82) is 0 Å². The molecule has 0 saturated carbocycles. The Hall–Kier alpha value is -4.17. The summed E-state index contributed by atoms with van der Waals surface area (Å²) < 4.78 is 11.1. The average molecular weight is 607 g/mol. The molecule has 2 aliphatic rings. The quantitative estimate of drug-likeness (QED) is 0.145. The SMILES string of the molecule is Cc1ccc(/C(=N/c2sc(-c3ccc(Cl)cc3)nc2-c2ccccc2)N2CCN(Cc3ccc4c(c3)OCO4)CC2)cc1. The number of fused-ring (bicyclic) bond motifs is 1. The highest BCUT2D eigenvalue weighted by Crippen LogP contribution is 2.41. The number of amidine groups is 1. The number of halogens is 1. The molecule has 0 amide bonds. The van der Waals surface area contributed by atoms with Crippen molar-refractivity contribution in [3.8, 4) is 33.3 Å². The zero-order valence-corrected chi connectivity index (χ0v) is 25.4. The van der Waals surface area contributed by atoms with Crippen LogP contribution in [0.1, 0.15) is 16.7 Å². The van der Waals surface area contributed by atoms with Gasteiger partial charge >= 0.3 is 0 Å². The summed E-state index contributed by atoms with van der Waals surface area (Å²) in [6.45, 7) is 6.91. The van der Waals surface area contributed by atoms with E-state index in [0.717, 1.165) is 82.5 Å². The van der Waals surface area contributed by atoms with E-state index in [9.17, 15) is 0 Å². The Morgan fingerprint density at radius 3 is 2.35 bits per heavy atom. The summed E-state index contributed by atoms with van der Waals surface area (Å²) in [4.78, 5) is 15.4. The van der Waals surface area contributed by atoms with E-state index in [0.29, 0.717) is 11.8 Å². The largest absolute Gasteiger partial charge is 0.454 e. The van der Waals surface area contributed by atoms with E-state index >= 15 is 0 Å². The number of nitrogens with zero attached hydrogens (tertiary/aromatic N) is 4. The van der Waals surface area contributed by atoms with Gasteiger partial charge in [-0.1, -0.05) is 101 Å². The van der Waals surface area contributed by atoms with Gasteiger partial charge in [-0.2, -0.15) is 0 Å². The third kappa shape index (κ3) is 6.15. The van der Waals surface area contributed by atoms with Gasteiger partial charge in [0.2, 0.25) is 6.79 Å². The predicted molar refractivity (Wildman–Crippen MR) is 175 cm³/mol. The number of hydrogen-bond acceptors (Lipinski definition) is 6. The molecule has 4 aromatic carbocycles. The third-order valence-corrected chi connectivity index (χ3v) is 9.03. The number of aromatic nitrogens is 1. The number of aryl methyl sites for hydroxylation is 1. The minimum absolute atomic E-state index is 0.297. The average Bonchev–Trinajstić information content (AvgIpc) is 3.69. The molecule has 8 heteroatoms. The van der Waals surface area contributed by atoms with Crippen molar-refractivity contribution < 1.29 is 9.47 Å². The number of ether oxygens (including phenoxy) is 2. The van der Waals surface area contributed by atoms with Gasteiger partial charge in [-0.05, 0) is 36.8 Å². The highest BCUT2D eigenvalue weighted by atomic mass is 35.5. The van der Waals surface area contributed by atoms with Crippen LogP contribution in [0.2, 0.25) is 5.02 Å². The lowest BCUT2D eigenvalue weighted by molar-refractivity contribution is 0.172. The molecule has 0 atom stereocenters. The Kier molecular flexibility index (Phi) is 7.85. The van der Waals surface area contributed by atoms with Crippen LogP contribution in [-0.4, -0.2) is 53.6 Å². The molecule has 0 N–H and O–H groups in total. The first kappa shape index (κ1) is 27.7.